The number of nitrogens with zero attached hydrogens (tertiary/aromatic N) is 1. The van der Waals surface area contributed by atoms with Crippen LogP contribution in [0.1, 0.15) is 16.1 Å². The maximum absolute atomic E-state index is 10.3. The molecule has 0 spiro atoms. The summed E-state index contributed by atoms with van der Waals surface area (Å²) in [5, 5.41) is 10.3. The summed E-state index contributed by atoms with van der Waals surface area (Å²) < 4.78 is 0. The second-order valence-electron chi connectivity index (χ2n) is 1.92. The standard InChI is InChI=1S/C7H6NO2/c1-5-6(7(9)10)3-2-4-8-5/h2-4H,1H3. The Morgan fingerprint density at radius 1 is 1.60 bits per heavy atom. The van der Waals surface area contributed by atoms with Crippen molar-refractivity contribution in [3.8, 4) is 0 Å². The van der Waals surface area contributed by atoms with E-state index in [1.54, 1.807) is 19.2 Å². The summed E-state index contributed by atoms with van der Waals surface area (Å²) >= 11 is 0. The molecule has 0 aromatic carbocycles. The number of pyridine rings is 1. The second kappa shape index (κ2) is 2.47. The Morgan fingerprint density at radius 2 is 2.30 bits per heavy atom. The summed E-state index contributed by atoms with van der Waals surface area (Å²) in [5.74, 6) is -1.18. The van der Waals surface area contributed by atoms with Crippen LogP contribution in [0.4, 0.5) is 0 Å². The number of aryl methyl sites for hydroxylation is 1. The van der Waals surface area contributed by atoms with Gasteiger partial charge in [-0.05, 0) is 19.1 Å². The molecule has 51 valence electrons. The maximum atomic E-state index is 10.3. The Hall–Kier alpha value is -1.38. The molecule has 1 radical (unpaired) electrons. The summed E-state index contributed by atoms with van der Waals surface area (Å²) in [6.07, 6.45) is 1.54. The van der Waals surface area contributed by atoms with E-state index in [1.165, 1.54) is 6.07 Å². The molecular weight excluding hydrogens is 130 g/mol. The molecule has 0 fully saturated rings. The zero-order chi connectivity index (χ0) is 7.56. The molecule has 0 amide bonds. The molecule has 0 aliphatic heterocycles. The van der Waals surface area contributed by atoms with Crippen LogP contribution in [0, 0.1) is 6.92 Å². The average molecular weight is 136 g/mol. The zero-order valence-electron chi connectivity index (χ0n) is 5.50. The first-order valence-electron chi connectivity index (χ1n) is 2.85. The van der Waals surface area contributed by atoms with Gasteiger partial charge < -0.3 is 0 Å². The number of hydrogen-bond acceptors (Lipinski definition) is 2. The largest absolute Gasteiger partial charge is 0.388 e. The van der Waals surface area contributed by atoms with Gasteiger partial charge in [-0.1, -0.05) is 0 Å². The van der Waals surface area contributed by atoms with Gasteiger partial charge in [0.15, 0.2) is 0 Å². The first kappa shape index (κ1) is 6.74. The van der Waals surface area contributed by atoms with Gasteiger partial charge in [0, 0.05) is 6.20 Å². The van der Waals surface area contributed by atoms with Crippen LogP contribution in [0.15, 0.2) is 18.3 Å². The van der Waals surface area contributed by atoms with Crippen molar-refractivity contribution in [1.29, 1.82) is 0 Å². The van der Waals surface area contributed by atoms with E-state index in [1.807, 2.05) is 0 Å². The van der Waals surface area contributed by atoms with Crippen LogP contribution in [-0.4, -0.2) is 11.0 Å². The van der Waals surface area contributed by atoms with Crippen molar-refractivity contribution in [1.82, 2.24) is 4.98 Å². The lowest BCUT2D eigenvalue weighted by atomic mass is 10.2. The van der Waals surface area contributed by atoms with E-state index >= 15 is 0 Å². The van der Waals surface area contributed by atoms with Crippen LogP contribution in [0.5, 0.6) is 0 Å². The minimum Gasteiger partial charge on any atom is -0.261 e. The molecule has 1 heterocycles. The Kier molecular flexibility index (Phi) is 1.67. The molecule has 1 aromatic rings. The van der Waals surface area contributed by atoms with Crippen molar-refractivity contribution in [3.63, 3.8) is 0 Å². The smallest absolute Gasteiger partial charge is 0.261 e. The van der Waals surface area contributed by atoms with Gasteiger partial charge in [-0.3, -0.25) is 4.98 Å². The fraction of sp³-hybridized carbons (Fsp3) is 0.143. The summed E-state index contributed by atoms with van der Waals surface area (Å²) in [4.78, 5) is 14.1. The summed E-state index contributed by atoms with van der Waals surface area (Å²) in [5.41, 5.74) is 0.644. The molecule has 1 aromatic heterocycles. The normalized spacial score (nSPS) is 9.30. The lowest BCUT2D eigenvalue weighted by molar-refractivity contribution is 0.0572. The van der Waals surface area contributed by atoms with Crippen molar-refractivity contribution < 1.29 is 9.90 Å². The molecule has 0 saturated carbocycles. The third kappa shape index (κ3) is 1.13. The highest BCUT2D eigenvalue weighted by molar-refractivity contribution is 5.88. The molecule has 0 aliphatic carbocycles. The Labute approximate surface area is 58.3 Å². The number of aromatic nitrogens is 1. The SMILES string of the molecule is Cc1ncccc1C([O])=O. The first-order valence-corrected chi connectivity index (χ1v) is 2.85. The van der Waals surface area contributed by atoms with Gasteiger partial charge in [-0.2, -0.15) is 0 Å². The van der Waals surface area contributed by atoms with Crippen LogP contribution in [0.3, 0.4) is 0 Å². The molecule has 3 heteroatoms. The van der Waals surface area contributed by atoms with Crippen LogP contribution < -0.4 is 0 Å². The van der Waals surface area contributed by atoms with Gasteiger partial charge in [-0.25, -0.2) is 9.90 Å². The van der Waals surface area contributed by atoms with E-state index in [4.69, 9.17) is 0 Å². The molecular formula is C7H6NO2. The minimum atomic E-state index is -1.18. The highest BCUT2D eigenvalue weighted by Gasteiger charge is 2.06. The average Bonchev–Trinajstić information content (AvgIpc) is 1.88. The Morgan fingerprint density at radius 3 is 2.70 bits per heavy atom. The third-order valence-electron chi connectivity index (χ3n) is 1.23. The molecule has 0 atom stereocenters. The number of carbonyl (C=O) groups excluding carboxylic acids is 1. The predicted octanol–water partition coefficient (Wildman–Crippen LogP) is 0.961. The van der Waals surface area contributed by atoms with Gasteiger partial charge in [0.25, 0.3) is 0 Å². The van der Waals surface area contributed by atoms with Crippen molar-refractivity contribution >= 4 is 5.97 Å². The lowest BCUT2D eigenvalue weighted by Crippen LogP contribution is -1.98. The summed E-state index contributed by atoms with van der Waals surface area (Å²) in [6.45, 7) is 1.63. The van der Waals surface area contributed by atoms with Gasteiger partial charge >= 0.3 is 5.97 Å². The highest BCUT2D eigenvalue weighted by Crippen LogP contribution is 2.02. The molecule has 10 heavy (non-hydrogen) atoms. The van der Waals surface area contributed by atoms with Gasteiger partial charge in [0.05, 0.1) is 11.3 Å². The minimum absolute atomic E-state index is 0.155. The molecule has 0 saturated heterocycles. The van der Waals surface area contributed by atoms with Crippen molar-refractivity contribution in [2.75, 3.05) is 0 Å². The summed E-state index contributed by atoms with van der Waals surface area (Å²) in [6, 6.07) is 3.04. The number of hydrogen-bond donors (Lipinski definition) is 0. The summed E-state index contributed by atoms with van der Waals surface area (Å²) in [7, 11) is 0. The van der Waals surface area contributed by atoms with Gasteiger partial charge in [0.2, 0.25) is 0 Å². The monoisotopic (exact) mass is 136 g/mol. The third-order valence-corrected chi connectivity index (χ3v) is 1.23. The number of carbonyl (C=O) groups is 1. The Balaban J connectivity index is 3.15. The first-order chi connectivity index (χ1) is 4.72. The molecule has 3 nitrogen and oxygen atoms in total. The molecule has 1 rings (SSSR count). The van der Waals surface area contributed by atoms with E-state index in [0.717, 1.165) is 0 Å². The molecule has 0 N–H and O–H groups in total. The predicted molar refractivity (Wildman–Crippen MR) is 34.0 cm³/mol. The fourth-order valence-corrected chi connectivity index (χ4v) is 0.700. The Bertz CT molecular complexity index is 258. The van der Waals surface area contributed by atoms with Crippen LogP contribution >= 0.6 is 0 Å². The quantitative estimate of drug-likeness (QED) is 0.577. The van der Waals surface area contributed by atoms with E-state index in [0.29, 0.717) is 5.69 Å². The van der Waals surface area contributed by atoms with E-state index in [9.17, 15) is 9.90 Å². The van der Waals surface area contributed by atoms with E-state index < -0.39 is 5.97 Å². The lowest BCUT2D eigenvalue weighted by Gasteiger charge is -1.93. The zero-order valence-corrected chi connectivity index (χ0v) is 5.50. The highest BCUT2D eigenvalue weighted by atomic mass is 16.4. The van der Waals surface area contributed by atoms with Crippen molar-refractivity contribution in [2.24, 2.45) is 0 Å². The van der Waals surface area contributed by atoms with Gasteiger partial charge in [-0.15, -0.1) is 0 Å². The molecule has 0 bridgehead atoms. The van der Waals surface area contributed by atoms with Crippen LogP contribution in [0.25, 0.3) is 0 Å². The van der Waals surface area contributed by atoms with Crippen molar-refractivity contribution in [3.05, 3.63) is 29.6 Å². The van der Waals surface area contributed by atoms with Crippen molar-refractivity contribution in [2.45, 2.75) is 6.92 Å². The maximum Gasteiger partial charge on any atom is 0.388 e. The second-order valence-corrected chi connectivity index (χ2v) is 1.92. The van der Waals surface area contributed by atoms with Gasteiger partial charge in [0.1, 0.15) is 0 Å². The molecule has 0 unspecified atom stereocenters. The topological polar surface area (TPSA) is 49.9 Å². The number of rotatable bonds is 1. The van der Waals surface area contributed by atoms with Crippen LogP contribution in [-0.2, 0) is 5.11 Å². The van der Waals surface area contributed by atoms with E-state index in [2.05, 4.69) is 4.98 Å². The molecule has 0 aliphatic rings. The fourth-order valence-electron chi connectivity index (χ4n) is 0.700. The van der Waals surface area contributed by atoms with Crippen LogP contribution in [0.2, 0.25) is 0 Å². The van der Waals surface area contributed by atoms with E-state index in [-0.39, 0.29) is 5.56 Å².